The molecule has 15 heavy (non-hydrogen) atoms. The summed E-state index contributed by atoms with van der Waals surface area (Å²) < 4.78 is 0. The molecule has 2 rings (SSSR count). The van der Waals surface area contributed by atoms with E-state index in [0.717, 1.165) is 37.2 Å². The number of aromatic nitrogens is 1. The largest absolute Gasteiger partial charge is 0.339 e. The van der Waals surface area contributed by atoms with Crippen LogP contribution in [0.25, 0.3) is 0 Å². The van der Waals surface area contributed by atoms with Crippen molar-refractivity contribution in [3.8, 4) is 0 Å². The lowest BCUT2D eigenvalue weighted by molar-refractivity contribution is 0.0724. The Bertz CT molecular complexity index is 356. The molecule has 0 bridgehead atoms. The van der Waals surface area contributed by atoms with Crippen molar-refractivity contribution in [3.63, 3.8) is 0 Å². The molecule has 0 aromatic carbocycles. The van der Waals surface area contributed by atoms with Gasteiger partial charge in [0, 0.05) is 30.5 Å². The molecule has 1 aliphatic heterocycles. The molecule has 0 saturated carbocycles. The first-order chi connectivity index (χ1) is 7.27. The van der Waals surface area contributed by atoms with E-state index in [-0.39, 0.29) is 5.91 Å². The summed E-state index contributed by atoms with van der Waals surface area (Å²) in [7, 11) is 0. The second kappa shape index (κ2) is 4.43. The highest BCUT2D eigenvalue weighted by molar-refractivity contribution is 5.94. The Labute approximate surface area is 90.1 Å². The number of piperidine rings is 1. The molecule has 3 nitrogen and oxygen atoms in total. The summed E-state index contributed by atoms with van der Waals surface area (Å²) >= 11 is 0. The lowest BCUT2D eigenvalue weighted by Gasteiger charge is -2.26. The van der Waals surface area contributed by atoms with Gasteiger partial charge in [-0.2, -0.15) is 0 Å². The van der Waals surface area contributed by atoms with Crippen molar-refractivity contribution in [1.82, 2.24) is 9.88 Å². The number of hydrogen-bond acceptors (Lipinski definition) is 2. The summed E-state index contributed by atoms with van der Waals surface area (Å²) in [6.45, 7) is 3.72. The van der Waals surface area contributed by atoms with E-state index < -0.39 is 0 Å². The van der Waals surface area contributed by atoms with Gasteiger partial charge in [0.25, 0.3) is 5.91 Å². The van der Waals surface area contributed by atoms with E-state index in [1.807, 2.05) is 17.9 Å². The van der Waals surface area contributed by atoms with Crippen molar-refractivity contribution in [2.45, 2.75) is 26.2 Å². The van der Waals surface area contributed by atoms with E-state index in [2.05, 4.69) is 4.98 Å². The standard InChI is InChI=1S/C12H16N2O/c1-10-9-11(5-6-13-10)12(15)14-7-3-2-4-8-14/h5-6,9H,2-4,7-8H2,1H3. The van der Waals surface area contributed by atoms with Gasteiger partial charge < -0.3 is 4.90 Å². The Morgan fingerprint density at radius 3 is 2.73 bits per heavy atom. The molecule has 0 N–H and O–H groups in total. The third kappa shape index (κ3) is 2.35. The minimum absolute atomic E-state index is 0.153. The minimum Gasteiger partial charge on any atom is -0.339 e. The SMILES string of the molecule is Cc1cc(C(=O)N2CCCCC2)ccn1. The molecule has 1 fully saturated rings. The molecule has 1 aliphatic rings. The van der Waals surface area contributed by atoms with Crippen LogP contribution in [0, 0.1) is 6.92 Å². The van der Waals surface area contributed by atoms with Crippen LogP contribution in [0.5, 0.6) is 0 Å². The van der Waals surface area contributed by atoms with Gasteiger partial charge in [0.1, 0.15) is 0 Å². The number of likely N-dealkylation sites (tertiary alicyclic amines) is 1. The van der Waals surface area contributed by atoms with Crippen LogP contribution in [-0.2, 0) is 0 Å². The number of amides is 1. The summed E-state index contributed by atoms with van der Waals surface area (Å²) in [6.07, 6.45) is 5.22. The number of pyridine rings is 1. The first-order valence-electron chi connectivity index (χ1n) is 5.49. The summed E-state index contributed by atoms with van der Waals surface area (Å²) in [5.41, 5.74) is 1.67. The van der Waals surface area contributed by atoms with Crippen LogP contribution in [0.2, 0.25) is 0 Å². The first kappa shape index (κ1) is 10.1. The fourth-order valence-corrected chi connectivity index (χ4v) is 1.96. The van der Waals surface area contributed by atoms with E-state index in [9.17, 15) is 4.79 Å². The maximum atomic E-state index is 12.1. The van der Waals surface area contributed by atoms with Crippen LogP contribution in [-0.4, -0.2) is 28.9 Å². The Balaban J connectivity index is 2.12. The Morgan fingerprint density at radius 2 is 2.07 bits per heavy atom. The number of aryl methyl sites for hydroxylation is 1. The van der Waals surface area contributed by atoms with Crippen molar-refractivity contribution < 1.29 is 4.79 Å². The summed E-state index contributed by atoms with van der Waals surface area (Å²) in [6, 6.07) is 3.65. The molecule has 0 aliphatic carbocycles. The molecular weight excluding hydrogens is 188 g/mol. The topological polar surface area (TPSA) is 33.2 Å². The lowest BCUT2D eigenvalue weighted by Crippen LogP contribution is -2.35. The highest BCUT2D eigenvalue weighted by Crippen LogP contribution is 2.13. The van der Waals surface area contributed by atoms with Crippen LogP contribution in [0.4, 0.5) is 0 Å². The Morgan fingerprint density at radius 1 is 1.33 bits per heavy atom. The van der Waals surface area contributed by atoms with Gasteiger partial charge in [0.15, 0.2) is 0 Å². The molecule has 3 heteroatoms. The van der Waals surface area contributed by atoms with E-state index >= 15 is 0 Å². The third-order valence-electron chi connectivity index (χ3n) is 2.79. The van der Waals surface area contributed by atoms with Crippen molar-refractivity contribution in [2.75, 3.05) is 13.1 Å². The molecular formula is C12H16N2O. The monoisotopic (exact) mass is 204 g/mol. The number of carbonyl (C=O) groups is 1. The van der Waals surface area contributed by atoms with Crippen LogP contribution in [0.1, 0.15) is 35.3 Å². The molecule has 0 radical (unpaired) electrons. The molecule has 0 unspecified atom stereocenters. The second-order valence-corrected chi connectivity index (χ2v) is 4.04. The van der Waals surface area contributed by atoms with E-state index in [1.165, 1.54) is 6.42 Å². The second-order valence-electron chi connectivity index (χ2n) is 4.04. The highest BCUT2D eigenvalue weighted by atomic mass is 16.2. The van der Waals surface area contributed by atoms with E-state index in [0.29, 0.717) is 0 Å². The zero-order valence-corrected chi connectivity index (χ0v) is 9.07. The van der Waals surface area contributed by atoms with Gasteiger partial charge in [-0.3, -0.25) is 9.78 Å². The van der Waals surface area contributed by atoms with Crippen LogP contribution in [0.3, 0.4) is 0 Å². The third-order valence-corrected chi connectivity index (χ3v) is 2.79. The van der Waals surface area contributed by atoms with Crippen molar-refractivity contribution >= 4 is 5.91 Å². The van der Waals surface area contributed by atoms with Gasteiger partial charge in [-0.05, 0) is 38.3 Å². The summed E-state index contributed by atoms with van der Waals surface area (Å²) in [4.78, 5) is 18.1. The molecule has 0 spiro atoms. The van der Waals surface area contributed by atoms with Crippen LogP contribution >= 0.6 is 0 Å². The van der Waals surface area contributed by atoms with Gasteiger partial charge in [0.2, 0.25) is 0 Å². The molecule has 1 amide bonds. The molecule has 0 atom stereocenters. The predicted octanol–water partition coefficient (Wildman–Crippen LogP) is 2.02. The maximum absolute atomic E-state index is 12.1. The molecule has 1 aromatic heterocycles. The Hall–Kier alpha value is -1.38. The first-order valence-corrected chi connectivity index (χ1v) is 5.49. The fraction of sp³-hybridized carbons (Fsp3) is 0.500. The lowest BCUT2D eigenvalue weighted by atomic mass is 10.1. The van der Waals surface area contributed by atoms with E-state index in [4.69, 9.17) is 0 Å². The number of rotatable bonds is 1. The smallest absolute Gasteiger partial charge is 0.253 e. The van der Waals surface area contributed by atoms with Crippen LogP contribution < -0.4 is 0 Å². The van der Waals surface area contributed by atoms with Gasteiger partial charge in [-0.15, -0.1) is 0 Å². The molecule has 1 saturated heterocycles. The zero-order valence-electron chi connectivity index (χ0n) is 9.07. The fourth-order valence-electron chi connectivity index (χ4n) is 1.96. The maximum Gasteiger partial charge on any atom is 0.253 e. The van der Waals surface area contributed by atoms with Crippen molar-refractivity contribution in [1.29, 1.82) is 0 Å². The molecule has 1 aromatic rings. The van der Waals surface area contributed by atoms with Crippen molar-refractivity contribution in [2.24, 2.45) is 0 Å². The minimum atomic E-state index is 0.153. The predicted molar refractivity (Wildman–Crippen MR) is 58.7 cm³/mol. The van der Waals surface area contributed by atoms with Crippen molar-refractivity contribution in [3.05, 3.63) is 29.6 Å². The normalized spacial score (nSPS) is 16.5. The van der Waals surface area contributed by atoms with E-state index in [1.54, 1.807) is 12.3 Å². The summed E-state index contributed by atoms with van der Waals surface area (Å²) in [5.74, 6) is 0.153. The zero-order chi connectivity index (χ0) is 10.7. The average molecular weight is 204 g/mol. The molecule has 80 valence electrons. The Kier molecular flexibility index (Phi) is 2.99. The number of carbonyl (C=O) groups excluding carboxylic acids is 1. The summed E-state index contributed by atoms with van der Waals surface area (Å²) in [5, 5.41) is 0. The highest BCUT2D eigenvalue weighted by Gasteiger charge is 2.17. The quantitative estimate of drug-likeness (QED) is 0.701. The van der Waals surface area contributed by atoms with Gasteiger partial charge >= 0.3 is 0 Å². The molecule has 2 heterocycles. The number of hydrogen-bond donors (Lipinski definition) is 0. The van der Waals surface area contributed by atoms with Gasteiger partial charge in [-0.25, -0.2) is 0 Å². The van der Waals surface area contributed by atoms with Gasteiger partial charge in [0.05, 0.1) is 0 Å². The average Bonchev–Trinajstić information content (AvgIpc) is 2.29. The van der Waals surface area contributed by atoms with Gasteiger partial charge in [-0.1, -0.05) is 0 Å². The van der Waals surface area contributed by atoms with Crippen LogP contribution in [0.15, 0.2) is 18.3 Å². The number of nitrogens with zero attached hydrogens (tertiary/aromatic N) is 2.